The zero-order valence-electron chi connectivity index (χ0n) is 10.4. The molecule has 6 nitrogen and oxygen atoms in total. The summed E-state index contributed by atoms with van der Waals surface area (Å²) in [6.45, 7) is 3.43. The SMILES string of the molecule is CCCc1nnc(NC(=O)NC[C@H]2CCCO2)s1. The van der Waals surface area contributed by atoms with Crippen molar-refractivity contribution in [3.8, 4) is 0 Å². The first kappa shape index (κ1) is 13.2. The molecule has 0 spiro atoms. The number of ether oxygens (including phenoxy) is 1. The maximum atomic E-state index is 11.6. The second kappa shape index (κ2) is 6.65. The summed E-state index contributed by atoms with van der Waals surface area (Å²) in [4.78, 5) is 11.6. The van der Waals surface area contributed by atoms with Gasteiger partial charge in [0.05, 0.1) is 6.10 Å². The lowest BCUT2D eigenvalue weighted by atomic mass is 10.2. The number of nitrogens with zero attached hydrogens (tertiary/aromatic N) is 2. The van der Waals surface area contributed by atoms with Crippen molar-refractivity contribution in [3.05, 3.63) is 5.01 Å². The Labute approximate surface area is 110 Å². The summed E-state index contributed by atoms with van der Waals surface area (Å²) >= 11 is 1.42. The predicted molar refractivity (Wildman–Crippen MR) is 69.9 cm³/mol. The monoisotopic (exact) mass is 270 g/mol. The van der Waals surface area contributed by atoms with Crippen LogP contribution in [-0.4, -0.2) is 35.5 Å². The van der Waals surface area contributed by atoms with Crippen molar-refractivity contribution < 1.29 is 9.53 Å². The van der Waals surface area contributed by atoms with Crippen molar-refractivity contribution in [1.29, 1.82) is 0 Å². The van der Waals surface area contributed by atoms with E-state index in [2.05, 4.69) is 27.8 Å². The Balaban J connectivity index is 1.72. The van der Waals surface area contributed by atoms with Crippen LogP contribution >= 0.6 is 11.3 Å². The molecule has 0 saturated carbocycles. The molecule has 0 bridgehead atoms. The third-order valence-electron chi connectivity index (χ3n) is 2.67. The fraction of sp³-hybridized carbons (Fsp3) is 0.727. The van der Waals surface area contributed by atoms with Gasteiger partial charge in [-0.1, -0.05) is 18.3 Å². The Morgan fingerprint density at radius 1 is 1.56 bits per heavy atom. The molecule has 1 fully saturated rings. The van der Waals surface area contributed by atoms with E-state index in [1.807, 2.05) is 0 Å². The molecule has 2 N–H and O–H groups in total. The average Bonchev–Trinajstić information content (AvgIpc) is 2.99. The highest BCUT2D eigenvalue weighted by Crippen LogP contribution is 2.16. The number of nitrogens with one attached hydrogen (secondary N) is 2. The van der Waals surface area contributed by atoms with Crippen LogP contribution in [0.4, 0.5) is 9.93 Å². The first-order valence-electron chi connectivity index (χ1n) is 6.26. The Bertz CT molecular complexity index is 390. The standard InChI is InChI=1S/C11H18N4O2S/c1-2-4-9-14-15-11(18-9)13-10(16)12-7-8-5-3-6-17-8/h8H,2-7H2,1H3,(H2,12,13,15,16)/t8-/m1/s1. The van der Waals surface area contributed by atoms with Gasteiger partial charge in [-0.2, -0.15) is 0 Å². The van der Waals surface area contributed by atoms with Gasteiger partial charge in [0.25, 0.3) is 0 Å². The van der Waals surface area contributed by atoms with Crippen LogP contribution in [0.5, 0.6) is 0 Å². The van der Waals surface area contributed by atoms with Crippen molar-refractivity contribution in [2.45, 2.75) is 38.7 Å². The highest BCUT2D eigenvalue weighted by Gasteiger charge is 2.16. The third-order valence-corrected chi connectivity index (χ3v) is 3.56. The number of aryl methyl sites for hydroxylation is 1. The lowest BCUT2D eigenvalue weighted by Crippen LogP contribution is -2.34. The molecule has 1 aliphatic rings. The van der Waals surface area contributed by atoms with E-state index in [0.717, 1.165) is 37.3 Å². The minimum atomic E-state index is -0.246. The number of hydrogen-bond acceptors (Lipinski definition) is 5. The first-order chi connectivity index (χ1) is 8.78. The average molecular weight is 270 g/mol. The summed E-state index contributed by atoms with van der Waals surface area (Å²) in [7, 11) is 0. The Kier molecular flexibility index (Phi) is 4.89. The van der Waals surface area contributed by atoms with E-state index in [1.165, 1.54) is 11.3 Å². The number of hydrogen-bond donors (Lipinski definition) is 2. The van der Waals surface area contributed by atoms with E-state index in [1.54, 1.807) is 0 Å². The smallest absolute Gasteiger partial charge is 0.321 e. The van der Waals surface area contributed by atoms with Gasteiger partial charge in [-0.05, 0) is 19.3 Å². The fourth-order valence-electron chi connectivity index (χ4n) is 1.77. The van der Waals surface area contributed by atoms with E-state index >= 15 is 0 Å². The molecule has 100 valence electrons. The molecule has 1 aromatic rings. The lowest BCUT2D eigenvalue weighted by molar-refractivity contribution is 0.112. The number of amides is 2. The van der Waals surface area contributed by atoms with E-state index in [0.29, 0.717) is 11.7 Å². The van der Waals surface area contributed by atoms with Gasteiger partial charge in [-0.15, -0.1) is 10.2 Å². The van der Waals surface area contributed by atoms with Crippen LogP contribution in [0.3, 0.4) is 0 Å². The second-order valence-electron chi connectivity index (χ2n) is 4.22. The van der Waals surface area contributed by atoms with Crippen LogP contribution in [0.25, 0.3) is 0 Å². The van der Waals surface area contributed by atoms with E-state index < -0.39 is 0 Å². The molecule has 2 rings (SSSR count). The zero-order chi connectivity index (χ0) is 12.8. The molecular formula is C11H18N4O2S. The Hall–Kier alpha value is -1.21. The molecule has 0 unspecified atom stereocenters. The quantitative estimate of drug-likeness (QED) is 0.855. The molecule has 2 amide bonds. The van der Waals surface area contributed by atoms with Crippen LogP contribution in [0.1, 0.15) is 31.2 Å². The summed E-state index contributed by atoms with van der Waals surface area (Å²) in [6.07, 6.45) is 4.17. The second-order valence-corrected chi connectivity index (χ2v) is 5.28. The minimum Gasteiger partial charge on any atom is -0.376 e. The Morgan fingerprint density at radius 2 is 2.44 bits per heavy atom. The van der Waals surface area contributed by atoms with Crippen LogP contribution in [0.15, 0.2) is 0 Å². The largest absolute Gasteiger partial charge is 0.376 e. The lowest BCUT2D eigenvalue weighted by Gasteiger charge is -2.10. The van der Waals surface area contributed by atoms with Crippen LogP contribution in [0.2, 0.25) is 0 Å². The summed E-state index contributed by atoms with van der Waals surface area (Å²) in [5.41, 5.74) is 0. The Morgan fingerprint density at radius 3 is 3.17 bits per heavy atom. The maximum absolute atomic E-state index is 11.6. The molecule has 1 aromatic heterocycles. The van der Waals surface area contributed by atoms with Crippen LogP contribution in [0, 0.1) is 0 Å². The molecule has 1 aliphatic heterocycles. The van der Waals surface area contributed by atoms with Crippen molar-refractivity contribution >= 4 is 22.5 Å². The van der Waals surface area contributed by atoms with Crippen molar-refractivity contribution in [2.75, 3.05) is 18.5 Å². The summed E-state index contributed by atoms with van der Waals surface area (Å²) in [5.74, 6) is 0. The molecule has 1 atom stereocenters. The van der Waals surface area contributed by atoms with E-state index in [-0.39, 0.29) is 12.1 Å². The van der Waals surface area contributed by atoms with Crippen LogP contribution in [-0.2, 0) is 11.2 Å². The predicted octanol–water partition coefficient (Wildman–Crippen LogP) is 1.79. The number of aromatic nitrogens is 2. The van der Waals surface area contributed by atoms with Gasteiger partial charge in [0, 0.05) is 19.6 Å². The molecule has 0 aromatic carbocycles. The van der Waals surface area contributed by atoms with Crippen molar-refractivity contribution in [2.24, 2.45) is 0 Å². The number of urea groups is 1. The molecule has 18 heavy (non-hydrogen) atoms. The van der Waals surface area contributed by atoms with Gasteiger partial charge in [-0.3, -0.25) is 5.32 Å². The number of rotatable bonds is 5. The van der Waals surface area contributed by atoms with Crippen molar-refractivity contribution in [3.63, 3.8) is 0 Å². The molecule has 0 aliphatic carbocycles. The van der Waals surface area contributed by atoms with Gasteiger partial charge < -0.3 is 10.1 Å². The van der Waals surface area contributed by atoms with Gasteiger partial charge >= 0.3 is 6.03 Å². The van der Waals surface area contributed by atoms with Gasteiger partial charge in [0.15, 0.2) is 0 Å². The highest BCUT2D eigenvalue weighted by molar-refractivity contribution is 7.15. The summed E-state index contributed by atoms with van der Waals surface area (Å²) in [6, 6.07) is -0.246. The van der Waals surface area contributed by atoms with Gasteiger partial charge in [-0.25, -0.2) is 4.79 Å². The van der Waals surface area contributed by atoms with Crippen LogP contribution < -0.4 is 10.6 Å². The van der Waals surface area contributed by atoms with Crippen molar-refractivity contribution in [1.82, 2.24) is 15.5 Å². The van der Waals surface area contributed by atoms with E-state index in [9.17, 15) is 4.79 Å². The number of anilines is 1. The van der Waals surface area contributed by atoms with Gasteiger partial charge in [0.2, 0.25) is 5.13 Å². The molecule has 2 heterocycles. The van der Waals surface area contributed by atoms with E-state index in [4.69, 9.17) is 4.74 Å². The fourth-order valence-corrected chi connectivity index (χ4v) is 2.61. The highest BCUT2D eigenvalue weighted by atomic mass is 32.1. The molecule has 7 heteroatoms. The number of carbonyl (C=O) groups excluding carboxylic acids is 1. The maximum Gasteiger partial charge on any atom is 0.321 e. The molecule has 1 saturated heterocycles. The normalized spacial score (nSPS) is 18.8. The first-order valence-corrected chi connectivity index (χ1v) is 7.08. The summed E-state index contributed by atoms with van der Waals surface area (Å²) in [5, 5.41) is 14.9. The molecular weight excluding hydrogens is 252 g/mol. The minimum absolute atomic E-state index is 0.154. The topological polar surface area (TPSA) is 76.1 Å². The zero-order valence-corrected chi connectivity index (χ0v) is 11.3. The van der Waals surface area contributed by atoms with Gasteiger partial charge in [0.1, 0.15) is 5.01 Å². The third kappa shape index (κ3) is 3.92. The number of carbonyl (C=O) groups is 1. The molecule has 0 radical (unpaired) electrons. The summed E-state index contributed by atoms with van der Waals surface area (Å²) < 4.78 is 5.42.